The fraction of sp³-hybridized carbons (Fsp3) is 0.167. The van der Waals surface area contributed by atoms with Gasteiger partial charge in [-0.15, -0.1) is 0 Å². The molecule has 0 saturated heterocycles. The summed E-state index contributed by atoms with van der Waals surface area (Å²) >= 11 is 5.83. The number of hydrogen-bond donors (Lipinski definition) is 0. The highest BCUT2D eigenvalue weighted by Gasteiger charge is 2.59. The molecule has 0 atom stereocenters. The summed E-state index contributed by atoms with van der Waals surface area (Å²) in [5.41, 5.74) is 18.7. The van der Waals surface area contributed by atoms with Gasteiger partial charge in [0.15, 0.2) is 0 Å². The van der Waals surface area contributed by atoms with E-state index in [0.717, 1.165) is 0 Å². The molecule has 0 fully saturated rings. The molecule has 0 radical (unpaired) electrons. The Balaban J connectivity index is 1.15. The Kier molecular flexibility index (Phi) is 6.35. The average molecular weight is 789 g/mol. The summed E-state index contributed by atoms with van der Waals surface area (Å²) in [6.45, 7) is 14.0. The third kappa shape index (κ3) is 4.20. The molecular weight excluding hydrogens is 750 g/mol. The predicted molar refractivity (Wildman–Crippen MR) is 246 cm³/mol. The summed E-state index contributed by atoms with van der Waals surface area (Å²) in [6, 6.07) is 46.8. The van der Waals surface area contributed by atoms with E-state index < -0.39 is 0 Å². The summed E-state index contributed by atoms with van der Waals surface area (Å²) < 4.78 is 0. The molecule has 0 bridgehead atoms. The molecule has 6 aromatic carbocycles. The van der Waals surface area contributed by atoms with E-state index in [2.05, 4.69) is 182 Å². The first kappa shape index (κ1) is 33.1. The SMILES string of the molecule is CC(C)(C)c1ccc2c(c1)-c1cccc3c1B1N2c2sc4c(c2N1c1ccccc1S3)N1B2c3c(cccc3-c3cc(C(C)(C)C)ccc3N24)Sc2ccccc21. The second-order valence-corrected chi connectivity index (χ2v) is 21.3. The van der Waals surface area contributed by atoms with Crippen LogP contribution in [0.15, 0.2) is 141 Å². The van der Waals surface area contributed by atoms with E-state index in [4.69, 9.17) is 0 Å². The zero-order valence-electron chi connectivity index (χ0n) is 32.7. The fourth-order valence-corrected chi connectivity index (χ4v) is 13.8. The summed E-state index contributed by atoms with van der Waals surface area (Å²) in [6.07, 6.45) is 0. The predicted octanol–water partition coefficient (Wildman–Crippen LogP) is 12.6. The monoisotopic (exact) mass is 788 g/mol. The number of nitrogens with zero attached hydrogens (tertiary/aromatic N) is 4. The van der Waals surface area contributed by atoms with E-state index in [9.17, 15) is 0 Å². The van der Waals surface area contributed by atoms with Crippen molar-refractivity contribution < 1.29 is 0 Å². The Bertz CT molecular complexity index is 2760. The molecule has 6 aliphatic rings. The highest BCUT2D eigenvalue weighted by atomic mass is 32.2. The maximum atomic E-state index is 2.72. The first-order valence-electron chi connectivity index (χ1n) is 20.0. The molecule has 0 saturated carbocycles. The number of benzene rings is 6. The zero-order chi connectivity index (χ0) is 38.3. The lowest BCUT2D eigenvalue weighted by Gasteiger charge is -2.37. The minimum atomic E-state index is -0.00871. The van der Waals surface area contributed by atoms with E-state index in [0.29, 0.717) is 0 Å². The Hall–Kier alpha value is -4.95. The van der Waals surface area contributed by atoms with Crippen LogP contribution in [0.25, 0.3) is 22.3 Å². The van der Waals surface area contributed by atoms with Gasteiger partial charge in [-0.05, 0) is 105 Å². The first-order chi connectivity index (χ1) is 27.6. The van der Waals surface area contributed by atoms with Crippen LogP contribution in [0.2, 0.25) is 0 Å². The summed E-state index contributed by atoms with van der Waals surface area (Å²) in [5, 5.41) is 2.63. The highest BCUT2D eigenvalue weighted by Crippen LogP contribution is 2.69. The second kappa shape index (κ2) is 11.0. The van der Waals surface area contributed by atoms with Crippen molar-refractivity contribution in [1.29, 1.82) is 0 Å². The van der Waals surface area contributed by atoms with Gasteiger partial charge in [0.2, 0.25) is 0 Å². The number of rotatable bonds is 0. The van der Waals surface area contributed by atoms with Crippen LogP contribution in [0.4, 0.5) is 44.1 Å². The lowest BCUT2D eigenvalue weighted by Crippen LogP contribution is -2.56. The van der Waals surface area contributed by atoms with Gasteiger partial charge in [0.25, 0.3) is 0 Å². The van der Waals surface area contributed by atoms with E-state index in [1.165, 1.54) is 108 Å². The fourth-order valence-electron chi connectivity index (χ4n) is 10.2. The normalized spacial score (nSPS) is 15.9. The number of anilines is 8. The Morgan fingerprint density at radius 1 is 0.404 bits per heavy atom. The topological polar surface area (TPSA) is 13.0 Å². The Morgan fingerprint density at radius 2 is 0.825 bits per heavy atom. The number of para-hydroxylation sites is 2. The second-order valence-electron chi connectivity index (χ2n) is 18.2. The minimum Gasteiger partial charge on any atom is -0.356 e. The molecule has 0 spiro atoms. The van der Waals surface area contributed by atoms with Gasteiger partial charge < -0.3 is 19.2 Å². The molecule has 274 valence electrons. The third-order valence-corrected chi connectivity index (χ3v) is 16.3. The van der Waals surface area contributed by atoms with E-state index in [1.54, 1.807) is 0 Å². The molecule has 13 rings (SSSR count). The largest absolute Gasteiger partial charge is 0.423 e. The van der Waals surface area contributed by atoms with Crippen molar-refractivity contribution in [1.82, 2.24) is 0 Å². The van der Waals surface area contributed by atoms with Gasteiger partial charge in [-0.1, -0.05) is 137 Å². The van der Waals surface area contributed by atoms with Crippen molar-refractivity contribution in [3.63, 3.8) is 0 Å². The molecular formula is C48H38B2N4S3. The molecule has 1 aromatic heterocycles. The van der Waals surface area contributed by atoms with Crippen LogP contribution in [0.1, 0.15) is 52.7 Å². The van der Waals surface area contributed by atoms with Crippen molar-refractivity contribution in [2.24, 2.45) is 0 Å². The molecule has 7 aromatic rings. The molecule has 9 heteroatoms. The lowest BCUT2D eigenvalue weighted by atomic mass is 9.59. The van der Waals surface area contributed by atoms with Crippen molar-refractivity contribution in [2.75, 3.05) is 19.2 Å². The lowest BCUT2D eigenvalue weighted by molar-refractivity contribution is 0.590. The van der Waals surface area contributed by atoms with Crippen molar-refractivity contribution in [2.45, 2.75) is 72.0 Å². The molecule has 4 nitrogen and oxygen atoms in total. The first-order valence-corrected chi connectivity index (χ1v) is 22.4. The molecule has 6 aliphatic heterocycles. The zero-order valence-corrected chi connectivity index (χ0v) is 35.2. The van der Waals surface area contributed by atoms with Gasteiger partial charge in [0.05, 0.1) is 11.4 Å². The number of thiophene rings is 1. The van der Waals surface area contributed by atoms with Crippen LogP contribution in [-0.4, -0.2) is 14.0 Å². The van der Waals surface area contributed by atoms with Gasteiger partial charge >= 0.3 is 14.0 Å². The van der Waals surface area contributed by atoms with Crippen LogP contribution in [-0.2, 0) is 10.8 Å². The number of fused-ring (bicyclic) bond motifs is 17. The van der Waals surface area contributed by atoms with Crippen LogP contribution in [0, 0.1) is 0 Å². The summed E-state index contributed by atoms with van der Waals surface area (Å²) in [4.78, 5) is 16.1. The van der Waals surface area contributed by atoms with E-state index in [-0.39, 0.29) is 24.8 Å². The molecule has 0 aliphatic carbocycles. The Labute approximate surface area is 347 Å². The molecule has 7 heterocycles. The van der Waals surface area contributed by atoms with Crippen LogP contribution < -0.4 is 30.2 Å². The van der Waals surface area contributed by atoms with Crippen molar-refractivity contribution in [3.8, 4) is 22.3 Å². The summed E-state index contributed by atoms with van der Waals surface area (Å²) in [5.74, 6) is 0. The van der Waals surface area contributed by atoms with Crippen LogP contribution in [0.5, 0.6) is 0 Å². The third-order valence-electron chi connectivity index (χ3n) is 12.9. The maximum absolute atomic E-state index is 2.72. The van der Waals surface area contributed by atoms with E-state index >= 15 is 0 Å². The quantitative estimate of drug-likeness (QED) is 0.141. The minimum absolute atomic E-state index is 0.00871. The molecule has 0 unspecified atom stereocenters. The number of hydrogen-bond acceptors (Lipinski definition) is 7. The molecule has 0 amide bonds. The van der Waals surface area contributed by atoms with Gasteiger partial charge in [0.1, 0.15) is 10.0 Å². The van der Waals surface area contributed by atoms with E-state index in [1.807, 2.05) is 34.9 Å². The van der Waals surface area contributed by atoms with Gasteiger partial charge in [-0.3, -0.25) is 0 Å². The molecule has 57 heavy (non-hydrogen) atoms. The highest BCUT2D eigenvalue weighted by molar-refractivity contribution is 8.00. The van der Waals surface area contributed by atoms with Gasteiger partial charge in [-0.25, -0.2) is 0 Å². The van der Waals surface area contributed by atoms with Gasteiger partial charge in [0, 0.05) is 53.5 Å². The summed E-state index contributed by atoms with van der Waals surface area (Å²) in [7, 11) is 0. The van der Waals surface area contributed by atoms with Crippen LogP contribution >= 0.6 is 34.9 Å². The maximum Gasteiger partial charge on any atom is 0.423 e. The molecule has 0 N–H and O–H groups in total. The average Bonchev–Trinajstić information content (AvgIpc) is 3.76. The van der Waals surface area contributed by atoms with Crippen molar-refractivity contribution in [3.05, 3.63) is 132 Å². The standard InChI is InChI=1S/C48H38B2N4S3/c1-47(2,3)27-21-23-33-31(25-27)29-13-11-19-39-41(29)49-51(35-15-7-9-17-37(35)55-39)43-44-46(57-45(43)53(33)49)54-34-24-22-28(48(4,5)6)26-32(34)30-14-12-20-40-42(30)50(54)52(44)36-16-8-10-18-38(36)56-40/h7-26H,1-6H3. The van der Waals surface area contributed by atoms with Crippen LogP contribution in [0.3, 0.4) is 0 Å². The Morgan fingerprint density at radius 3 is 1.26 bits per heavy atom. The van der Waals surface area contributed by atoms with Gasteiger partial charge in [-0.2, -0.15) is 0 Å². The smallest absolute Gasteiger partial charge is 0.356 e. The van der Waals surface area contributed by atoms with Crippen molar-refractivity contribution >= 4 is 104 Å².